The minimum Gasteiger partial charge on any atom is -0.385 e. The summed E-state index contributed by atoms with van der Waals surface area (Å²) in [6.45, 7) is 5.86. The number of aryl methyl sites for hydroxylation is 1. The fourth-order valence-corrected chi connectivity index (χ4v) is 1.96. The van der Waals surface area contributed by atoms with Crippen molar-refractivity contribution >= 4 is 11.3 Å². The first kappa shape index (κ1) is 12.5. The van der Waals surface area contributed by atoms with E-state index in [0.29, 0.717) is 6.04 Å². The Balaban J connectivity index is 2.29. The number of methoxy groups -OCH3 is 1. The highest BCUT2D eigenvalue weighted by atomic mass is 32.1. The van der Waals surface area contributed by atoms with Gasteiger partial charge in [0, 0.05) is 32.7 Å². The van der Waals surface area contributed by atoms with Crippen LogP contribution in [0.1, 0.15) is 30.3 Å². The van der Waals surface area contributed by atoms with E-state index < -0.39 is 0 Å². The summed E-state index contributed by atoms with van der Waals surface area (Å²) < 4.78 is 4.99. The van der Waals surface area contributed by atoms with Gasteiger partial charge in [-0.2, -0.15) is 0 Å². The molecule has 0 radical (unpaired) electrons. The van der Waals surface area contributed by atoms with E-state index in [1.165, 1.54) is 0 Å². The first-order valence-electron chi connectivity index (χ1n) is 5.26. The van der Waals surface area contributed by atoms with Crippen molar-refractivity contribution in [1.82, 2.24) is 15.5 Å². The minimum atomic E-state index is 0.492. The fourth-order valence-electron chi connectivity index (χ4n) is 1.12. The van der Waals surface area contributed by atoms with Crippen LogP contribution in [-0.4, -0.2) is 30.0 Å². The third-order valence-electron chi connectivity index (χ3n) is 1.91. The van der Waals surface area contributed by atoms with Crippen molar-refractivity contribution in [3.05, 3.63) is 10.0 Å². The van der Waals surface area contributed by atoms with Crippen molar-refractivity contribution in [2.45, 2.75) is 39.3 Å². The van der Waals surface area contributed by atoms with Gasteiger partial charge in [0.25, 0.3) is 0 Å². The summed E-state index contributed by atoms with van der Waals surface area (Å²) in [5.74, 6) is 0. The molecule has 0 aliphatic rings. The monoisotopic (exact) mass is 229 g/mol. The summed E-state index contributed by atoms with van der Waals surface area (Å²) >= 11 is 1.69. The number of aromatic nitrogens is 2. The Morgan fingerprint density at radius 1 is 1.33 bits per heavy atom. The number of rotatable bonds is 7. The molecule has 0 saturated carbocycles. The van der Waals surface area contributed by atoms with E-state index in [1.54, 1.807) is 18.4 Å². The molecular formula is C10H19N3OS. The molecule has 1 rings (SSSR count). The van der Waals surface area contributed by atoms with Crippen molar-refractivity contribution in [1.29, 1.82) is 0 Å². The summed E-state index contributed by atoms with van der Waals surface area (Å²) in [5.41, 5.74) is 0. The van der Waals surface area contributed by atoms with Crippen LogP contribution in [-0.2, 0) is 17.7 Å². The lowest BCUT2D eigenvalue weighted by Crippen LogP contribution is -2.21. The standard InChI is InChI=1S/C10H19N3OS/c1-8(2)11-7-10-13-12-9(15-10)5-4-6-14-3/h8,11H,4-7H2,1-3H3. The van der Waals surface area contributed by atoms with E-state index in [0.717, 1.165) is 36.0 Å². The summed E-state index contributed by atoms with van der Waals surface area (Å²) in [6.07, 6.45) is 1.98. The van der Waals surface area contributed by atoms with Gasteiger partial charge in [0.2, 0.25) is 0 Å². The van der Waals surface area contributed by atoms with E-state index in [9.17, 15) is 0 Å². The number of hydrogen-bond donors (Lipinski definition) is 1. The highest BCUT2D eigenvalue weighted by molar-refractivity contribution is 7.11. The second-order valence-electron chi connectivity index (χ2n) is 3.72. The van der Waals surface area contributed by atoms with Gasteiger partial charge in [0.15, 0.2) is 0 Å². The predicted octanol–water partition coefficient (Wildman–Crippen LogP) is 1.62. The molecule has 0 saturated heterocycles. The lowest BCUT2D eigenvalue weighted by Gasteiger charge is -2.03. The molecule has 1 aromatic heterocycles. The summed E-state index contributed by atoms with van der Waals surface area (Å²) in [7, 11) is 1.72. The lowest BCUT2D eigenvalue weighted by atomic mass is 10.3. The number of nitrogens with zero attached hydrogens (tertiary/aromatic N) is 2. The first-order valence-corrected chi connectivity index (χ1v) is 6.07. The van der Waals surface area contributed by atoms with Gasteiger partial charge in [-0.1, -0.05) is 13.8 Å². The van der Waals surface area contributed by atoms with E-state index in [1.807, 2.05) is 0 Å². The molecule has 4 nitrogen and oxygen atoms in total. The molecule has 0 aromatic carbocycles. The largest absolute Gasteiger partial charge is 0.385 e. The molecule has 0 unspecified atom stereocenters. The van der Waals surface area contributed by atoms with E-state index >= 15 is 0 Å². The molecule has 1 aromatic rings. The van der Waals surface area contributed by atoms with Gasteiger partial charge in [-0.25, -0.2) is 0 Å². The Kier molecular flexibility index (Phi) is 5.75. The molecule has 15 heavy (non-hydrogen) atoms. The Morgan fingerprint density at radius 3 is 2.73 bits per heavy atom. The molecule has 0 atom stereocenters. The number of hydrogen-bond acceptors (Lipinski definition) is 5. The minimum absolute atomic E-state index is 0.492. The molecule has 86 valence electrons. The molecule has 0 fully saturated rings. The van der Waals surface area contributed by atoms with Crippen LogP contribution < -0.4 is 5.32 Å². The second-order valence-corrected chi connectivity index (χ2v) is 4.87. The van der Waals surface area contributed by atoms with Crippen LogP contribution >= 0.6 is 11.3 Å². The highest BCUT2D eigenvalue weighted by Crippen LogP contribution is 2.11. The van der Waals surface area contributed by atoms with Gasteiger partial charge in [-0.3, -0.25) is 0 Å². The number of nitrogens with one attached hydrogen (secondary N) is 1. The predicted molar refractivity (Wildman–Crippen MR) is 62.1 cm³/mol. The fraction of sp³-hybridized carbons (Fsp3) is 0.800. The molecule has 0 aliphatic heterocycles. The van der Waals surface area contributed by atoms with Gasteiger partial charge < -0.3 is 10.1 Å². The maximum atomic E-state index is 4.99. The lowest BCUT2D eigenvalue weighted by molar-refractivity contribution is 0.195. The van der Waals surface area contributed by atoms with Crippen molar-refractivity contribution in [2.75, 3.05) is 13.7 Å². The molecule has 1 heterocycles. The SMILES string of the molecule is COCCCc1nnc(CNC(C)C)s1. The van der Waals surface area contributed by atoms with Gasteiger partial charge in [-0.05, 0) is 6.42 Å². The Hall–Kier alpha value is -0.520. The normalized spacial score (nSPS) is 11.2. The quantitative estimate of drug-likeness (QED) is 0.722. The van der Waals surface area contributed by atoms with Crippen LogP contribution in [0.3, 0.4) is 0 Å². The maximum Gasteiger partial charge on any atom is 0.131 e. The van der Waals surface area contributed by atoms with Gasteiger partial charge in [0.1, 0.15) is 10.0 Å². The van der Waals surface area contributed by atoms with E-state index in [2.05, 4.69) is 29.4 Å². The average molecular weight is 229 g/mol. The van der Waals surface area contributed by atoms with Crippen LogP contribution in [0.25, 0.3) is 0 Å². The van der Waals surface area contributed by atoms with Crippen LogP contribution in [0, 0.1) is 0 Å². The van der Waals surface area contributed by atoms with Crippen molar-refractivity contribution in [3.63, 3.8) is 0 Å². The van der Waals surface area contributed by atoms with Crippen molar-refractivity contribution in [2.24, 2.45) is 0 Å². The zero-order valence-electron chi connectivity index (χ0n) is 9.62. The van der Waals surface area contributed by atoms with Crippen molar-refractivity contribution < 1.29 is 4.74 Å². The van der Waals surface area contributed by atoms with Crippen LogP contribution in [0.2, 0.25) is 0 Å². The second kappa shape index (κ2) is 6.87. The summed E-state index contributed by atoms with van der Waals surface area (Å²) in [5, 5.41) is 13.8. The zero-order chi connectivity index (χ0) is 11.1. The van der Waals surface area contributed by atoms with Crippen LogP contribution in [0.4, 0.5) is 0 Å². The molecule has 1 N–H and O–H groups in total. The summed E-state index contributed by atoms with van der Waals surface area (Å²) in [6, 6.07) is 0.492. The van der Waals surface area contributed by atoms with E-state index in [4.69, 9.17) is 4.74 Å². The molecule has 5 heteroatoms. The van der Waals surface area contributed by atoms with Gasteiger partial charge in [-0.15, -0.1) is 21.5 Å². The molecule has 0 aliphatic carbocycles. The Bertz CT molecular complexity index is 275. The smallest absolute Gasteiger partial charge is 0.131 e. The maximum absolute atomic E-state index is 4.99. The first-order chi connectivity index (χ1) is 7.22. The number of ether oxygens (including phenoxy) is 1. The third-order valence-corrected chi connectivity index (χ3v) is 2.89. The topological polar surface area (TPSA) is 47.0 Å². The average Bonchev–Trinajstić information content (AvgIpc) is 2.63. The van der Waals surface area contributed by atoms with Gasteiger partial charge in [0.05, 0.1) is 0 Å². The van der Waals surface area contributed by atoms with E-state index in [-0.39, 0.29) is 0 Å². The van der Waals surface area contributed by atoms with Crippen molar-refractivity contribution in [3.8, 4) is 0 Å². The third kappa shape index (κ3) is 5.20. The highest BCUT2D eigenvalue weighted by Gasteiger charge is 2.04. The Morgan fingerprint density at radius 2 is 2.07 bits per heavy atom. The van der Waals surface area contributed by atoms with Crippen LogP contribution in [0.5, 0.6) is 0 Å². The molecule has 0 amide bonds. The Labute approximate surface area is 95.1 Å². The molecular weight excluding hydrogens is 210 g/mol. The molecule has 0 spiro atoms. The zero-order valence-corrected chi connectivity index (χ0v) is 10.4. The summed E-state index contributed by atoms with van der Waals surface area (Å²) in [4.78, 5) is 0. The molecule has 0 bridgehead atoms. The van der Waals surface area contributed by atoms with Gasteiger partial charge >= 0.3 is 0 Å². The van der Waals surface area contributed by atoms with Crippen LogP contribution in [0.15, 0.2) is 0 Å².